The van der Waals surface area contributed by atoms with Crippen LogP contribution in [0.25, 0.3) is 22.2 Å². The van der Waals surface area contributed by atoms with Gasteiger partial charge in [-0.15, -0.1) is 0 Å². The second kappa shape index (κ2) is 8.17. The molecule has 25 heavy (non-hydrogen) atoms. The molecule has 2 aromatic heterocycles. The molecule has 0 aliphatic rings. The fourth-order valence-electron chi connectivity index (χ4n) is 2.89. The van der Waals surface area contributed by atoms with E-state index in [1.165, 1.54) is 10.9 Å². The summed E-state index contributed by atoms with van der Waals surface area (Å²) in [7, 11) is 1.11. The molecule has 3 aromatic rings. The molecule has 1 unspecified atom stereocenters. The van der Waals surface area contributed by atoms with Gasteiger partial charge in [0.05, 0.1) is 5.69 Å². The maximum Gasteiger partial charge on any atom is 0.104 e. The summed E-state index contributed by atoms with van der Waals surface area (Å²) in [5.41, 5.74) is 4.51. The smallest absolute Gasteiger partial charge is 0.104 e. The van der Waals surface area contributed by atoms with E-state index in [0.717, 1.165) is 22.6 Å². The Kier molecular flexibility index (Phi) is 5.93. The van der Waals surface area contributed by atoms with Crippen molar-refractivity contribution in [3.63, 3.8) is 0 Å². The fourth-order valence-corrected chi connectivity index (χ4v) is 5.11. The zero-order valence-electron chi connectivity index (χ0n) is 14.8. The van der Waals surface area contributed by atoms with E-state index >= 15 is 0 Å². The molecule has 0 amide bonds. The standard InChI is InChI=1S/C19H23N3OS2/c1-4-24-22(25(23)5-2)14-15-10-17(13-20-12-15)19-11-16-8-6-7-9-18(16)21(19)3/h6-13H,4-5,14H2,1-3H3. The zero-order valence-corrected chi connectivity index (χ0v) is 16.4. The predicted octanol–water partition coefficient (Wildman–Crippen LogP) is 4.39. The van der Waals surface area contributed by atoms with E-state index in [4.69, 9.17) is 0 Å². The van der Waals surface area contributed by atoms with Crippen molar-refractivity contribution in [2.45, 2.75) is 20.4 Å². The van der Waals surface area contributed by atoms with Crippen LogP contribution in [0.3, 0.4) is 0 Å². The van der Waals surface area contributed by atoms with E-state index in [2.05, 4.69) is 59.9 Å². The van der Waals surface area contributed by atoms with Gasteiger partial charge < -0.3 is 4.57 Å². The van der Waals surface area contributed by atoms with E-state index in [1.807, 2.05) is 23.0 Å². The van der Waals surface area contributed by atoms with Crippen LogP contribution in [-0.4, -0.2) is 29.0 Å². The lowest BCUT2D eigenvalue weighted by atomic mass is 10.1. The van der Waals surface area contributed by atoms with Gasteiger partial charge in [0, 0.05) is 54.0 Å². The SMILES string of the molecule is CCSN(Cc1cncc(-c2cc3ccccc3n2C)c1)S(=O)CC. The van der Waals surface area contributed by atoms with Crippen molar-refractivity contribution in [2.75, 3.05) is 11.5 Å². The minimum absolute atomic E-state index is 0.628. The normalized spacial score (nSPS) is 12.8. The Hall–Kier alpha value is -1.63. The molecule has 0 radical (unpaired) electrons. The highest BCUT2D eigenvalue weighted by Crippen LogP contribution is 2.28. The van der Waals surface area contributed by atoms with Crippen LogP contribution in [0.1, 0.15) is 19.4 Å². The number of aromatic nitrogens is 2. The second-order valence-corrected chi connectivity index (χ2v) is 8.92. The Bertz CT molecular complexity index is 891. The summed E-state index contributed by atoms with van der Waals surface area (Å²) in [6, 6.07) is 12.7. The van der Waals surface area contributed by atoms with Crippen molar-refractivity contribution >= 4 is 33.8 Å². The Morgan fingerprint density at radius 3 is 2.72 bits per heavy atom. The van der Waals surface area contributed by atoms with Gasteiger partial charge in [-0.2, -0.15) is 3.71 Å². The average Bonchev–Trinajstić information content (AvgIpc) is 2.98. The summed E-state index contributed by atoms with van der Waals surface area (Å²) in [6.45, 7) is 4.65. The summed E-state index contributed by atoms with van der Waals surface area (Å²) in [4.78, 5) is 4.42. The summed E-state index contributed by atoms with van der Waals surface area (Å²) in [5, 5.41) is 1.22. The summed E-state index contributed by atoms with van der Waals surface area (Å²) in [6.07, 6.45) is 3.76. The van der Waals surface area contributed by atoms with Gasteiger partial charge in [0.2, 0.25) is 0 Å². The van der Waals surface area contributed by atoms with E-state index in [1.54, 1.807) is 11.9 Å². The molecule has 0 spiro atoms. The third kappa shape index (κ3) is 3.97. The van der Waals surface area contributed by atoms with Crippen molar-refractivity contribution in [1.29, 1.82) is 0 Å². The maximum absolute atomic E-state index is 12.2. The van der Waals surface area contributed by atoms with Crippen molar-refractivity contribution < 1.29 is 4.21 Å². The molecular weight excluding hydrogens is 350 g/mol. The number of hydrogen-bond acceptors (Lipinski definition) is 3. The van der Waals surface area contributed by atoms with Crippen LogP contribution in [-0.2, 0) is 24.6 Å². The van der Waals surface area contributed by atoms with Gasteiger partial charge in [0.1, 0.15) is 11.0 Å². The molecule has 0 fully saturated rings. The predicted molar refractivity (Wildman–Crippen MR) is 109 cm³/mol. The van der Waals surface area contributed by atoms with Crippen molar-refractivity contribution in [1.82, 2.24) is 13.3 Å². The molecule has 3 rings (SSSR count). The van der Waals surface area contributed by atoms with Crippen LogP contribution in [0.5, 0.6) is 0 Å². The molecule has 132 valence electrons. The second-order valence-electron chi connectivity index (χ2n) is 5.75. The number of hydrogen-bond donors (Lipinski definition) is 0. The molecule has 6 heteroatoms. The molecule has 0 aliphatic carbocycles. The Morgan fingerprint density at radius 1 is 1.20 bits per heavy atom. The lowest BCUT2D eigenvalue weighted by Gasteiger charge is -2.18. The minimum atomic E-state index is -0.970. The molecule has 0 bridgehead atoms. The lowest BCUT2D eigenvalue weighted by molar-refractivity contribution is 0.626. The first-order valence-electron chi connectivity index (χ1n) is 8.41. The molecule has 4 nitrogen and oxygen atoms in total. The number of benzene rings is 1. The van der Waals surface area contributed by atoms with Gasteiger partial charge in [0.25, 0.3) is 0 Å². The lowest BCUT2D eigenvalue weighted by Crippen LogP contribution is -2.20. The number of pyridine rings is 1. The third-order valence-electron chi connectivity index (χ3n) is 4.10. The minimum Gasteiger partial charge on any atom is -0.344 e. The van der Waals surface area contributed by atoms with Crippen LogP contribution in [0, 0.1) is 0 Å². The van der Waals surface area contributed by atoms with E-state index in [-0.39, 0.29) is 0 Å². The van der Waals surface area contributed by atoms with Crippen LogP contribution in [0.15, 0.2) is 48.8 Å². The molecule has 0 N–H and O–H groups in total. The van der Waals surface area contributed by atoms with E-state index in [9.17, 15) is 4.21 Å². The van der Waals surface area contributed by atoms with Crippen LogP contribution < -0.4 is 0 Å². The van der Waals surface area contributed by atoms with E-state index in [0.29, 0.717) is 12.3 Å². The quantitative estimate of drug-likeness (QED) is 0.576. The van der Waals surface area contributed by atoms with Gasteiger partial charge in [-0.3, -0.25) is 4.98 Å². The Labute approximate surface area is 156 Å². The third-order valence-corrected chi connectivity index (χ3v) is 6.67. The van der Waals surface area contributed by atoms with Crippen molar-refractivity contribution in [3.05, 3.63) is 54.4 Å². The summed E-state index contributed by atoms with van der Waals surface area (Å²) >= 11 is 1.61. The van der Waals surface area contributed by atoms with Crippen LogP contribution in [0.2, 0.25) is 0 Å². The number of nitrogens with zero attached hydrogens (tertiary/aromatic N) is 3. The van der Waals surface area contributed by atoms with Crippen molar-refractivity contribution in [2.24, 2.45) is 7.05 Å². The van der Waals surface area contributed by atoms with E-state index < -0.39 is 11.0 Å². The first-order chi connectivity index (χ1) is 12.1. The summed E-state index contributed by atoms with van der Waals surface area (Å²) in [5.74, 6) is 1.53. The molecule has 1 atom stereocenters. The largest absolute Gasteiger partial charge is 0.344 e. The molecule has 0 saturated carbocycles. The number of aryl methyl sites for hydroxylation is 1. The van der Waals surface area contributed by atoms with Gasteiger partial charge in [0.15, 0.2) is 0 Å². The van der Waals surface area contributed by atoms with Gasteiger partial charge in [-0.05, 0) is 23.8 Å². The number of fused-ring (bicyclic) bond motifs is 1. The highest BCUT2D eigenvalue weighted by Gasteiger charge is 2.14. The molecule has 0 aliphatic heterocycles. The number of para-hydroxylation sites is 1. The van der Waals surface area contributed by atoms with Gasteiger partial charge in [-0.25, -0.2) is 4.21 Å². The molecule has 2 heterocycles. The van der Waals surface area contributed by atoms with Gasteiger partial charge >= 0.3 is 0 Å². The topological polar surface area (TPSA) is 38.1 Å². The number of rotatable bonds is 7. The first-order valence-corrected chi connectivity index (χ1v) is 10.6. The zero-order chi connectivity index (χ0) is 17.8. The van der Waals surface area contributed by atoms with Crippen molar-refractivity contribution in [3.8, 4) is 11.3 Å². The van der Waals surface area contributed by atoms with Crippen LogP contribution in [0.4, 0.5) is 0 Å². The molecule has 0 saturated heterocycles. The summed E-state index contributed by atoms with van der Waals surface area (Å²) < 4.78 is 16.4. The Balaban J connectivity index is 1.92. The monoisotopic (exact) mass is 373 g/mol. The maximum atomic E-state index is 12.2. The highest BCUT2D eigenvalue weighted by atomic mass is 32.2. The molecule has 1 aromatic carbocycles. The highest BCUT2D eigenvalue weighted by molar-refractivity contribution is 8.06. The molecular formula is C19H23N3OS2. The average molecular weight is 374 g/mol. The first kappa shape index (κ1) is 18.2. The van der Waals surface area contributed by atoms with Gasteiger partial charge in [-0.1, -0.05) is 44.0 Å². The van der Waals surface area contributed by atoms with Crippen LogP contribution >= 0.6 is 11.9 Å². The Morgan fingerprint density at radius 2 is 2.00 bits per heavy atom. The fraction of sp³-hybridized carbons (Fsp3) is 0.316.